The Bertz CT molecular complexity index is 688. The fraction of sp³-hybridized carbons (Fsp3) is 0.526. The largest absolute Gasteiger partial charge is 0.352 e. The van der Waals surface area contributed by atoms with Crippen LogP contribution in [0.15, 0.2) is 28.8 Å². The molecule has 2 N–H and O–H groups in total. The molecule has 1 aromatic heterocycles. The van der Waals surface area contributed by atoms with Crippen molar-refractivity contribution >= 4 is 5.91 Å². The van der Waals surface area contributed by atoms with Crippen molar-refractivity contribution in [2.24, 2.45) is 0 Å². The van der Waals surface area contributed by atoms with E-state index in [1.165, 1.54) is 5.56 Å². The lowest BCUT2D eigenvalue weighted by Gasteiger charge is -2.23. The average Bonchev–Trinajstić information content (AvgIpc) is 3.10. The number of carbonyl (C=O) groups excluding carboxylic acids is 1. The molecule has 1 aliphatic rings. The third-order valence-electron chi connectivity index (χ3n) is 4.53. The van der Waals surface area contributed by atoms with Crippen LogP contribution < -0.4 is 10.6 Å². The summed E-state index contributed by atoms with van der Waals surface area (Å²) in [5, 5.41) is 10.4. The summed E-state index contributed by atoms with van der Waals surface area (Å²) in [6.45, 7) is 6.21. The Hall–Kier alpha value is -2.21. The van der Waals surface area contributed by atoms with E-state index in [-0.39, 0.29) is 11.9 Å². The quantitative estimate of drug-likeness (QED) is 0.844. The minimum atomic E-state index is 0.0368. The molecular formula is C19H26N4O2. The maximum absolute atomic E-state index is 12.0. The first kappa shape index (κ1) is 17.6. The van der Waals surface area contributed by atoms with Crippen LogP contribution in [0.25, 0.3) is 11.4 Å². The number of piperidine rings is 1. The number of carbonyl (C=O) groups is 1. The van der Waals surface area contributed by atoms with E-state index < -0.39 is 0 Å². The number of amides is 1. The van der Waals surface area contributed by atoms with Gasteiger partial charge >= 0.3 is 0 Å². The number of hydrogen-bond donors (Lipinski definition) is 2. The Morgan fingerprint density at radius 2 is 2.16 bits per heavy atom. The minimum absolute atomic E-state index is 0.0368. The Labute approximate surface area is 148 Å². The van der Waals surface area contributed by atoms with Gasteiger partial charge in [-0.1, -0.05) is 43.3 Å². The molecule has 3 rings (SSSR count). The van der Waals surface area contributed by atoms with Crippen molar-refractivity contribution in [1.29, 1.82) is 0 Å². The first-order chi connectivity index (χ1) is 12.1. The van der Waals surface area contributed by atoms with Crippen molar-refractivity contribution in [3.8, 4) is 11.4 Å². The highest BCUT2D eigenvalue weighted by molar-refractivity contribution is 5.76. The van der Waals surface area contributed by atoms with Crippen molar-refractivity contribution in [2.75, 3.05) is 13.1 Å². The third-order valence-corrected chi connectivity index (χ3v) is 4.53. The van der Waals surface area contributed by atoms with Gasteiger partial charge < -0.3 is 15.2 Å². The highest BCUT2D eigenvalue weighted by Crippen LogP contribution is 2.20. The third kappa shape index (κ3) is 4.89. The maximum Gasteiger partial charge on any atom is 0.227 e. The molecule has 1 saturated heterocycles. The van der Waals surface area contributed by atoms with Gasteiger partial charge in [-0.05, 0) is 30.9 Å². The Kier molecular flexibility index (Phi) is 5.81. The first-order valence-electron chi connectivity index (χ1n) is 9.05. The Morgan fingerprint density at radius 1 is 1.36 bits per heavy atom. The van der Waals surface area contributed by atoms with E-state index >= 15 is 0 Å². The van der Waals surface area contributed by atoms with Crippen LogP contribution in [0.5, 0.6) is 0 Å². The van der Waals surface area contributed by atoms with Crippen LogP contribution in [0.4, 0.5) is 0 Å². The van der Waals surface area contributed by atoms with E-state index in [0.29, 0.717) is 30.5 Å². The number of aryl methyl sites for hydroxylation is 1. The lowest BCUT2D eigenvalue weighted by atomic mass is 10.0. The summed E-state index contributed by atoms with van der Waals surface area (Å²) in [5.74, 6) is 1.60. The molecule has 6 heteroatoms. The Balaban J connectivity index is 1.51. The summed E-state index contributed by atoms with van der Waals surface area (Å²) in [4.78, 5) is 16.4. The van der Waals surface area contributed by atoms with Crippen molar-refractivity contribution in [1.82, 2.24) is 20.8 Å². The molecule has 0 saturated carbocycles. The molecule has 0 bridgehead atoms. The van der Waals surface area contributed by atoms with Crippen molar-refractivity contribution < 1.29 is 9.32 Å². The molecule has 0 unspecified atom stereocenters. The zero-order valence-electron chi connectivity index (χ0n) is 14.9. The summed E-state index contributed by atoms with van der Waals surface area (Å²) < 4.78 is 5.28. The predicted octanol–water partition coefficient (Wildman–Crippen LogP) is 2.66. The molecule has 25 heavy (non-hydrogen) atoms. The second-order valence-corrected chi connectivity index (χ2v) is 6.90. The maximum atomic E-state index is 12.0. The minimum Gasteiger partial charge on any atom is -0.352 e. The zero-order chi connectivity index (χ0) is 17.6. The van der Waals surface area contributed by atoms with Crippen LogP contribution in [0.3, 0.4) is 0 Å². The normalized spacial score (nSPS) is 17.6. The molecule has 1 aromatic carbocycles. The molecule has 1 atom stereocenters. The summed E-state index contributed by atoms with van der Waals surface area (Å²) in [7, 11) is 0. The summed E-state index contributed by atoms with van der Waals surface area (Å²) in [5.41, 5.74) is 2.21. The number of aromatic nitrogens is 2. The highest BCUT2D eigenvalue weighted by atomic mass is 16.5. The van der Waals surface area contributed by atoms with Gasteiger partial charge in [0, 0.05) is 31.0 Å². The molecule has 0 aliphatic carbocycles. The van der Waals surface area contributed by atoms with Gasteiger partial charge in [-0.2, -0.15) is 4.98 Å². The monoisotopic (exact) mass is 342 g/mol. The number of nitrogens with zero attached hydrogens (tertiary/aromatic N) is 2. The van der Waals surface area contributed by atoms with Gasteiger partial charge in [0.15, 0.2) is 0 Å². The van der Waals surface area contributed by atoms with Gasteiger partial charge in [0.2, 0.25) is 17.6 Å². The molecule has 0 radical (unpaired) electrons. The molecular weight excluding hydrogens is 316 g/mol. The molecule has 1 aliphatic heterocycles. The van der Waals surface area contributed by atoms with Crippen LogP contribution in [0.1, 0.15) is 50.5 Å². The van der Waals surface area contributed by atoms with Crippen LogP contribution in [0, 0.1) is 0 Å². The van der Waals surface area contributed by atoms with E-state index in [2.05, 4.69) is 46.8 Å². The van der Waals surface area contributed by atoms with E-state index in [4.69, 9.17) is 4.52 Å². The summed E-state index contributed by atoms with van der Waals surface area (Å²) in [6.07, 6.45) is 2.97. The second kappa shape index (κ2) is 8.25. The number of nitrogens with one attached hydrogen (secondary N) is 2. The fourth-order valence-corrected chi connectivity index (χ4v) is 2.99. The summed E-state index contributed by atoms with van der Waals surface area (Å²) >= 11 is 0. The first-order valence-corrected chi connectivity index (χ1v) is 9.05. The zero-order valence-corrected chi connectivity index (χ0v) is 14.9. The number of hydrogen-bond acceptors (Lipinski definition) is 5. The molecule has 134 valence electrons. The van der Waals surface area contributed by atoms with Gasteiger partial charge in [0.1, 0.15) is 0 Å². The molecule has 6 nitrogen and oxygen atoms in total. The lowest BCUT2D eigenvalue weighted by Crippen LogP contribution is -2.45. The standard InChI is InChI=1S/C19H26N4O2/c1-13(2)14-5-7-15(8-6-14)19-22-18(25-23-19)10-9-17(24)21-16-4-3-11-20-12-16/h5-8,13,16,20H,3-4,9-12H2,1-2H3,(H,21,24)/t16-/m0/s1. The molecule has 0 spiro atoms. The Morgan fingerprint density at radius 3 is 2.84 bits per heavy atom. The van der Waals surface area contributed by atoms with Gasteiger partial charge in [-0.3, -0.25) is 4.79 Å². The van der Waals surface area contributed by atoms with Gasteiger partial charge in [-0.25, -0.2) is 0 Å². The molecule has 1 amide bonds. The number of rotatable bonds is 6. The molecule has 2 aromatic rings. The van der Waals surface area contributed by atoms with Gasteiger partial charge in [0.25, 0.3) is 0 Å². The summed E-state index contributed by atoms with van der Waals surface area (Å²) in [6, 6.07) is 8.42. The van der Waals surface area contributed by atoms with Crippen molar-refractivity contribution in [3.05, 3.63) is 35.7 Å². The smallest absolute Gasteiger partial charge is 0.227 e. The van der Waals surface area contributed by atoms with Crippen molar-refractivity contribution in [3.63, 3.8) is 0 Å². The molecule has 1 fully saturated rings. The van der Waals surface area contributed by atoms with E-state index in [9.17, 15) is 4.79 Å². The van der Waals surface area contributed by atoms with E-state index in [1.54, 1.807) is 0 Å². The SMILES string of the molecule is CC(C)c1ccc(-c2noc(CCC(=O)N[C@H]3CCCNC3)n2)cc1. The van der Waals surface area contributed by atoms with Crippen molar-refractivity contribution in [2.45, 2.75) is 51.5 Å². The van der Waals surface area contributed by atoms with Crippen LogP contribution in [-0.2, 0) is 11.2 Å². The van der Waals surface area contributed by atoms with E-state index in [0.717, 1.165) is 31.5 Å². The number of benzene rings is 1. The topological polar surface area (TPSA) is 80.0 Å². The predicted molar refractivity (Wildman–Crippen MR) is 96.2 cm³/mol. The second-order valence-electron chi connectivity index (χ2n) is 6.90. The highest BCUT2D eigenvalue weighted by Gasteiger charge is 2.16. The van der Waals surface area contributed by atoms with Gasteiger partial charge in [0.05, 0.1) is 0 Å². The lowest BCUT2D eigenvalue weighted by molar-refractivity contribution is -0.121. The van der Waals surface area contributed by atoms with E-state index in [1.807, 2.05) is 12.1 Å². The van der Waals surface area contributed by atoms with Crippen LogP contribution in [-0.4, -0.2) is 35.2 Å². The van der Waals surface area contributed by atoms with Gasteiger partial charge in [-0.15, -0.1) is 0 Å². The van der Waals surface area contributed by atoms with Crippen LogP contribution >= 0.6 is 0 Å². The van der Waals surface area contributed by atoms with Crippen LogP contribution in [0.2, 0.25) is 0 Å². The fourth-order valence-electron chi connectivity index (χ4n) is 2.99. The average molecular weight is 342 g/mol. The molecule has 2 heterocycles.